The Morgan fingerprint density at radius 3 is 2.43 bits per heavy atom. The molecule has 5 rings (SSSR count). The number of piperazine rings is 1. The molecule has 0 amide bonds. The molecule has 35 heavy (non-hydrogen) atoms. The minimum absolute atomic E-state index is 0.138. The van der Waals surface area contributed by atoms with Crippen LogP contribution in [0.5, 0.6) is 11.5 Å². The number of aromatic hydroxyl groups is 1. The van der Waals surface area contributed by atoms with Gasteiger partial charge in [-0.05, 0) is 48.9 Å². The van der Waals surface area contributed by atoms with E-state index in [0.717, 1.165) is 60.9 Å². The summed E-state index contributed by atoms with van der Waals surface area (Å²) in [6, 6.07) is 22.1. The van der Waals surface area contributed by atoms with Crippen molar-refractivity contribution in [3.63, 3.8) is 0 Å². The molecule has 4 aromatic rings. The van der Waals surface area contributed by atoms with Crippen molar-refractivity contribution in [1.82, 2.24) is 15.1 Å². The van der Waals surface area contributed by atoms with Crippen molar-refractivity contribution in [2.75, 3.05) is 44.2 Å². The molecule has 1 aliphatic rings. The summed E-state index contributed by atoms with van der Waals surface area (Å²) in [7, 11) is 0. The van der Waals surface area contributed by atoms with Gasteiger partial charge in [0.25, 0.3) is 0 Å². The molecule has 0 saturated carbocycles. The SMILES string of the molecule is Cc1[nH]nc(-c2ccc(OCCN3CCN(c4ccc(F)cc4)CC3)cc2O)c1-c1ccccc1. The van der Waals surface area contributed by atoms with Crippen LogP contribution in [-0.2, 0) is 0 Å². The highest BCUT2D eigenvalue weighted by Gasteiger charge is 2.19. The fourth-order valence-corrected chi connectivity index (χ4v) is 4.56. The van der Waals surface area contributed by atoms with Crippen molar-refractivity contribution in [2.45, 2.75) is 6.92 Å². The number of nitrogens with zero attached hydrogens (tertiary/aromatic N) is 3. The topological polar surface area (TPSA) is 64.6 Å². The van der Waals surface area contributed by atoms with Crippen LogP contribution in [0.4, 0.5) is 10.1 Å². The van der Waals surface area contributed by atoms with E-state index in [-0.39, 0.29) is 11.6 Å². The number of ether oxygens (including phenoxy) is 1. The zero-order valence-electron chi connectivity index (χ0n) is 19.7. The third-order valence-corrected chi connectivity index (χ3v) is 6.47. The number of aromatic nitrogens is 2. The maximum Gasteiger partial charge on any atom is 0.128 e. The molecule has 1 aliphatic heterocycles. The maximum atomic E-state index is 13.2. The summed E-state index contributed by atoms with van der Waals surface area (Å²) in [5, 5.41) is 18.3. The molecule has 0 radical (unpaired) electrons. The monoisotopic (exact) mass is 472 g/mol. The number of phenols is 1. The normalized spacial score (nSPS) is 14.3. The first-order valence-electron chi connectivity index (χ1n) is 11.9. The summed E-state index contributed by atoms with van der Waals surface area (Å²) >= 11 is 0. The van der Waals surface area contributed by atoms with E-state index < -0.39 is 0 Å². The van der Waals surface area contributed by atoms with Crippen LogP contribution in [0.15, 0.2) is 72.8 Å². The van der Waals surface area contributed by atoms with E-state index in [9.17, 15) is 9.50 Å². The van der Waals surface area contributed by atoms with Gasteiger partial charge in [0.05, 0.1) is 0 Å². The number of hydrogen-bond donors (Lipinski definition) is 2. The average Bonchev–Trinajstić information content (AvgIpc) is 3.26. The number of phenolic OH excluding ortho intramolecular Hbond substituents is 1. The Kier molecular flexibility index (Phi) is 6.68. The molecule has 1 aromatic heterocycles. The Bertz CT molecular complexity index is 1270. The molecule has 7 heteroatoms. The minimum Gasteiger partial charge on any atom is -0.507 e. The molecule has 2 heterocycles. The van der Waals surface area contributed by atoms with Crippen LogP contribution < -0.4 is 9.64 Å². The molecule has 0 unspecified atom stereocenters. The first kappa shape index (κ1) is 22.9. The third kappa shape index (κ3) is 5.15. The fourth-order valence-electron chi connectivity index (χ4n) is 4.56. The summed E-state index contributed by atoms with van der Waals surface area (Å²) in [6.45, 7) is 6.95. The zero-order chi connectivity index (χ0) is 24.2. The van der Waals surface area contributed by atoms with Crippen molar-refractivity contribution in [3.8, 4) is 33.9 Å². The van der Waals surface area contributed by atoms with Crippen molar-refractivity contribution >= 4 is 5.69 Å². The van der Waals surface area contributed by atoms with Gasteiger partial charge < -0.3 is 14.7 Å². The number of nitrogens with one attached hydrogen (secondary N) is 1. The number of hydrogen-bond acceptors (Lipinski definition) is 5. The van der Waals surface area contributed by atoms with Crippen LogP contribution in [0, 0.1) is 12.7 Å². The molecule has 0 atom stereocenters. The number of anilines is 1. The highest BCUT2D eigenvalue weighted by atomic mass is 19.1. The summed E-state index contributed by atoms with van der Waals surface area (Å²) in [5.74, 6) is 0.559. The van der Waals surface area contributed by atoms with E-state index in [1.54, 1.807) is 6.07 Å². The Labute approximate surface area is 204 Å². The van der Waals surface area contributed by atoms with E-state index in [0.29, 0.717) is 17.9 Å². The molecule has 0 spiro atoms. The number of rotatable bonds is 7. The van der Waals surface area contributed by atoms with Crippen molar-refractivity contribution in [2.24, 2.45) is 0 Å². The zero-order valence-corrected chi connectivity index (χ0v) is 19.7. The third-order valence-electron chi connectivity index (χ3n) is 6.47. The molecular weight excluding hydrogens is 443 g/mol. The predicted octanol–water partition coefficient (Wildman–Crippen LogP) is 5.10. The molecular formula is C28H29FN4O2. The second-order valence-corrected chi connectivity index (χ2v) is 8.77. The van der Waals surface area contributed by atoms with Crippen molar-refractivity contribution in [3.05, 3.63) is 84.3 Å². The molecule has 180 valence electrons. The van der Waals surface area contributed by atoms with Crippen LogP contribution in [-0.4, -0.2) is 59.5 Å². The second-order valence-electron chi connectivity index (χ2n) is 8.77. The Balaban J connectivity index is 1.17. The molecule has 2 N–H and O–H groups in total. The standard InChI is InChI=1S/C28H29FN4O2/c1-20-27(21-5-3-2-4-6-21)28(31-30-20)25-12-11-24(19-26(25)34)35-18-17-32-13-15-33(16-14-32)23-9-7-22(29)8-10-23/h2-12,19,34H,13-18H2,1H3,(H,30,31). The number of halogens is 1. The summed E-state index contributed by atoms with van der Waals surface area (Å²) in [5.41, 5.74) is 5.42. The first-order valence-corrected chi connectivity index (χ1v) is 11.9. The lowest BCUT2D eigenvalue weighted by atomic mass is 9.99. The Morgan fingerprint density at radius 1 is 0.971 bits per heavy atom. The molecule has 1 saturated heterocycles. The quantitative estimate of drug-likeness (QED) is 0.392. The van der Waals surface area contributed by atoms with Gasteiger partial charge in [-0.25, -0.2) is 4.39 Å². The maximum absolute atomic E-state index is 13.2. The van der Waals surface area contributed by atoms with Gasteiger partial charge in [-0.1, -0.05) is 30.3 Å². The van der Waals surface area contributed by atoms with Gasteiger partial charge in [-0.15, -0.1) is 0 Å². The number of aryl methyl sites for hydroxylation is 1. The number of aromatic amines is 1. The van der Waals surface area contributed by atoms with Gasteiger partial charge in [-0.3, -0.25) is 10.00 Å². The van der Waals surface area contributed by atoms with Gasteiger partial charge >= 0.3 is 0 Å². The van der Waals surface area contributed by atoms with E-state index in [2.05, 4.69) is 20.0 Å². The lowest BCUT2D eigenvalue weighted by molar-refractivity contribution is 0.200. The fraction of sp³-hybridized carbons (Fsp3) is 0.250. The van der Waals surface area contributed by atoms with Crippen LogP contribution in [0.2, 0.25) is 0 Å². The highest BCUT2D eigenvalue weighted by molar-refractivity contribution is 5.85. The van der Waals surface area contributed by atoms with Gasteiger partial charge in [0.1, 0.15) is 29.6 Å². The second kappa shape index (κ2) is 10.2. The molecule has 3 aromatic carbocycles. The lowest BCUT2D eigenvalue weighted by Gasteiger charge is -2.36. The van der Waals surface area contributed by atoms with Gasteiger partial charge in [-0.2, -0.15) is 5.10 Å². The minimum atomic E-state index is -0.209. The average molecular weight is 473 g/mol. The van der Waals surface area contributed by atoms with Crippen LogP contribution >= 0.6 is 0 Å². The smallest absolute Gasteiger partial charge is 0.128 e. The van der Waals surface area contributed by atoms with E-state index in [4.69, 9.17) is 4.74 Å². The van der Waals surface area contributed by atoms with E-state index in [1.165, 1.54) is 12.1 Å². The highest BCUT2D eigenvalue weighted by Crippen LogP contribution is 2.38. The van der Waals surface area contributed by atoms with E-state index in [1.807, 2.05) is 61.5 Å². The van der Waals surface area contributed by atoms with Crippen LogP contribution in [0.3, 0.4) is 0 Å². The van der Waals surface area contributed by atoms with Crippen molar-refractivity contribution in [1.29, 1.82) is 0 Å². The number of benzene rings is 3. The molecule has 0 bridgehead atoms. The molecule has 6 nitrogen and oxygen atoms in total. The summed E-state index contributed by atoms with van der Waals surface area (Å²) in [6.07, 6.45) is 0. The Hall–Kier alpha value is -3.84. The van der Waals surface area contributed by atoms with Crippen LogP contribution in [0.1, 0.15) is 5.69 Å². The van der Waals surface area contributed by atoms with Crippen molar-refractivity contribution < 1.29 is 14.2 Å². The summed E-state index contributed by atoms with van der Waals surface area (Å²) < 4.78 is 19.1. The van der Waals surface area contributed by atoms with Crippen LogP contribution in [0.25, 0.3) is 22.4 Å². The summed E-state index contributed by atoms with van der Waals surface area (Å²) in [4.78, 5) is 4.63. The first-order chi connectivity index (χ1) is 17.1. The van der Waals surface area contributed by atoms with E-state index >= 15 is 0 Å². The molecule has 0 aliphatic carbocycles. The van der Waals surface area contributed by atoms with Gasteiger partial charge in [0.15, 0.2) is 0 Å². The number of H-pyrrole nitrogens is 1. The van der Waals surface area contributed by atoms with Gasteiger partial charge in [0.2, 0.25) is 0 Å². The Morgan fingerprint density at radius 2 is 1.71 bits per heavy atom. The predicted molar refractivity (Wildman–Crippen MR) is 136 cm³/mol. The van der Waals surface area contributed by atoms with Gasteiger partial charge in [0, 0.05) is 61.3 Å². The lowest BCUT2D eigenvalue weighted by Crippen LogP contribution is -2.47. The largest absolute Gasteiger partial charge is 0.507 e. The molecule has 1 fully saturated rings.